The summed E-state index contributed by atoms with van der Waals surface area (Å²) in [4.78, 5) is 9.83. The van der Waals surface area contributed by atoms with Crippen LogP contribution in [0, 0.1) is 10.1 Å². The summed E-state index contributed by atoms with van der Waals surface area (Å²) < 4.78 is 0. The second kappa shape index (κ2) is 2.44. The zero-order chi connectivity index (χ0) is 8.48. The molecule has 1 atom stereocenters. The van der Waals surface area contributed by atoms with Crippen LogP contribution in [-0.4, -0.2) is 16.6 Å². The summed E-state index contributed by atoms with van der Waals surface area (Å²) in [6, 6.07) is -1.02. The second-order valence-electron chi connectivity index (χ2n) is 2.47. The van der Waals surface area contributed by atoms with Crippen LogP contribution >= 0.6 is 0 Å². The van der Waals surface area contributed by atoms with Gasteiger partial charge in [0.15, 0.2) is 5.66 Å². The monoisotopic (exact) mass is 155 g/mol. The highest BCUT2D eigenvalue weighted by Gasteiger charge is 2.37. The smallest absolute Gasteiger partial charge is 0.265 e. The minimum atomic E-state index is -1.35. The summed E-state index contributed by atoms with van der Waals surface area (Å²) in [6.45, 7) is 0. The molecular weight excluding hydrogens is 146 g/mol. The SMILES string of the molecule is NC1(N)C=CC=CC1[N+](=O)[O-]. The van der Waals surface area contributed by atoms with Crippen molar-refractivity contribution in [1.29, 1.82) is 0 Å². The molecule has 0 bridgehead atoms. The standard InChI is InChI=1S/C6H9N3O2/c7-6(8)4-2-1-3-5(6)9(10)11/h1-5H,7-8H2. The lowest BCUT2D eigenvalue weighted by atomic mass is 9.98. The maximum atomic E-state index is 10.3. The Labute approximate surface area is 63.5 Å². The molecule has 1 unspecified atom stereocenters. The fourth-order valence-electron chi connectivity index (χ4n) is 0.910. The van der Waals surface area contributed by atoms with Crippen molar-refractivity contribution in [1.82, 2.24) is 0 Å². The van der Waals surface area contributed by atoms with Gasteiger partial charge >= 0.3 is 0 Å². The Balaban J connectivity index is 2.89. The molecule has 0 aromatic heterocycles. The van der Waals surface area contributed by atoms with Gasteiger partial charge in [0.2, 0.25) is 0 Å². The molecule has 5 heteroatoms. The molecule has 1 aliphatic rings. The Hall–Kier alpha value is -1.20. The molecule has 4 N–H and O–H groups in total. The van der Waals surface area contributed by atoms with Gasteiger partial charge in [0.25, 0.3) is 6.04 Å². The first kappa shape index (κ1) is 7.90. The van der Waals surface area contributed by atoms with Crippen LogP contribution in [0.15, 0.2) is 24.3 Å². The third kappa shape index (κ3) is 1.44. The van der Waals surface area contributed by atoms with Gasteiger partial charge in [-0.05, 0) is 12.2 Å². The zero-order valence-electron chi connectivity index (χ0n) is 5.81. The average Bonchev–Trinajstić information content (AvgIpc) is 1.85. The quantitative estimate of drug-likeness (QED) is 0.299. The first-order valence-corrected chi connectivity index (χ1v) is 3.11. The van der Waals surface area contributed by atoms with E-state index in [4.69, 9.17) is 11.5 Å². The summed E-state index contributed by atoms with van der Waals surface area (Å²) >= 11 is 0. The third-order valence-corrected chi connectivity index (χ3v) is 1.53. The molecule has 0 saturated heterocycles. The number of allylic oxidation sites excluding steroid dienone is 2. The zero-order valence-corrected chi connectivity index (χ0v) is 5.81. The van der Waals surface area contributed by atoms with E-state index in [0.717, 1.165) is 0 Å². The molecule has 1 rings (SSSR count). The topological polar surface area (TPSA) is 95.2 Å². The van der Waals surface area contributed by atoms with Crippen LogP contribution in [0.1, 0.15) is 0 Å². The highest BCUT2D eigenvalue weighted by Crippen LogP contribution is 2.11. The minimum absolute atomic E-state index is 0.500. The fraction of sp³-hybridized carbons (Fsp3) is 0.333. The molecule has 0 radical (unpaired) electrons. The largest absolute Gasteiger partial charge is 0.304 e. The van der Waals surface area contributed by atoms with E-state index in [1.807, 2.05) is 0 Å². The highest BCUT2D eigenvalue weighted by atomic mass is 16.6. The van der Waals surface area contributed by atoms with E-state index < -0.39 is 16.6 Å². The average molecular weight is 155 g/mol. The second-order valence-corrected chi connectivity index (χ2v) is 2.47. The van der Waals surface area contributed by atoms with Gasteiger partial charge in [0.1, 0.15) is 0 Å². The number of rotatable bonds is 1. The number of nitrogens with two attached hydrogens (primary N) is 2. The van der Waals surface area contributed by atoms with Gasteiger partial charge < -0.3 is 11.5 Å². The van der Waals surface area contributed by atoms with Crippen molar-refractivity contribution in [3.8, 4) is 0 Å². The normalized spacial score (nSPS) is 26.9. The lowest BCUT2D eigenvalue weighted by Gasteiger charge is -2.23. The molecular formula is C6H9N3O2. The van der Waals surface area contributed by atoms with Gasteiger partial charge in [-0.25, -0.2) is 0 Å². The Bertz CT molecular complexity index is 232. The van der Waals surface area contributed by atoms with Crippen molar-refractivity contribution >= 4 is 0 Å². The van der Waals surface area contributed by atoms with Crippen LogP contribution in [0.25, 0.3) is 0 Å². The number of hydrogen-bond donors (Lipinski definition) is 2. The first-order chi connectivity index (χ1) is 5.04. The Kier molecular flexibility index (Phi) is 1.76. The van der Waals surface area contributed by atoms with Gasteiger partial charge in [0, 0.05) is 4.92 Å². The van der Waals surface area contributed by atoms with Crippen LogP contribution in [0.3, 0.4) is 0 Å². The number of nitro groups is 1. The van der Waals surface area contributed by atoms with E-state index in [2.05, 4.69) is 0 Å². The van der Waals surface area contributed by atoms with E-state index >= 15 is 0 Å². The van der Waals surface area contributed by atoms with Crippen LogP contribution < -0.4 is 11.5 Å². The number of hydrogen-bond acceptors (Lipinski definition) is 4. The van der Waals surface area contributed by atoms with Gasteiger partial charge in [0.05, 0.1) is 0 Å². The van der Waals surface area contributed by atoms with E-state index in [1.165, 1.54) is 12.2 Å². The van der Waals surface area contributed by atoms with Crippen LogP contribution in [0.5, 0.6) is 0 Å². The Morgan fingerprint density at radius 1 is 1.45 bits per heavy atom. The van der Waals surface area contributed by atoms with E-state index in [9.17, 15) is 10.1 Å². The third-order valence-electron chi connectivity index (χ3n) is 1.53. The van der Waals surface area contributed by atoms with Crippen LogP contribution in [0.2, 0.25) is 0 Å². The Morgan fingerprint density at radius 2 is 2.09 bits per heavy atom. The summed E-state index contributed by atoms with van der Waals surface area (Å²) in [7, 11) is 0. The molecule has 0 heterocycles. The molecule has 60 valence electrons. The maximum Gasteiger partial charge on any atom is 0.265 e. The van der Waals surface area contributed by atoms with Gasteiger partial charge in [-0.1, -0.05) is 12.2 Å². The maximum absolute atomic E-state index is 10.3. The van der Waals surface area contributed by atoms with E-state index in [1.54, 1.807) is 12.2 Å². The van der Waals surface area contributed by atoms with E-state index in [-0.39, 0.29) is 0 Å². The molecule has 0 aromatic rings. The lowest BCUT2D eigenvalue weighted by Crippen LogP contribution is -2.59. The fourth-order valence-corrected chi connectivity index (χ4v) is 0.910. The molecule has 0 saturated carbocycles. The molecule has 11 heavy (non-hydrogen) atoms. The summed E-state index contributed by atoms with van der Waals surface area (Å²) in [5, 5.41) is 10.3. The van der Waals surface area contributed by atoms with Crippen LogP contribution in [0.4, 0.5) is 0 Å². The van der Waals surface area contributed by atoms with Gasteiger partial charge in [-0.15, -0.1) is 0 Å². The predicted molar refractivity (Wildman–Crippen MR) is 40.2 cm³/mol. The van der Waals surface area contributed by atoms with Crippen molar-refractivity contribution in [3.63, 3.8) is 0 Å². The van der Waals surface area contributed by atoms with Crippen molar-refractivity contribution in [2.24, 2.45) is 11.5 Å². The predicted octanol–water partition coefficient (Wildman–Crippen LogP) is -0.629. The Morgan fingerprint density at radius 3 is 2.45 bits per heavy atom. The number of nitrogens with zero attached hydrogens (tertiary/aromatic N) is 1. The lowest BCUT2D eigenvalue weighted by molar-refractivity contribution is -0.517. The van der Waals surface area contributed by atoms with Gasteiger partial charge in [-0.2, -0.15) is 0 Å². The van der Waals surface area contributed by atoms with E-state index in [0.29, 0.717) is 0 Å². The molecule has 0 spiro atoms. The summed E-state index contributed by atoms with van der Waals surface area (Å²) in [5.74, 6) is 0. The van der Waals surface area contributed by atoms with Crippen molar-refractivity contribution < 1.29 is 4.92 Å². The van der Waals surface area contributed by atoms with Crippen molar-refractivity contribution in [2.45, 2.75) is 11.7 Å². The van der Waals surface area contributed by atoms with Crippen molar-refractivity contribution in [3.05, 3.63) is 34.4 Å². The molecule has 0 amide bonds. The molecule has 0 aromatic carbocycles. The summed E-state index contributed by atoms with van der Waals surface area (Å²) in [6.07, 6.45) is 5.95. The first-order valence-electron chi connectivity index (χ1n) is 3.11. The van der Waals surface area contributed by atoms with Crippen molar-refractivity contribution in [2.75, 3.05) is 0 Å². The van der Waals surface area contributed by atoms with Crippen LogP contribution in [-0.2, 0) is 0 Å². The molecule has 0 aliphatic heterocycles. The molecule has 1 aliphatic carbocycles. The molecule has 5 nitrogen and oxygen atoms in total. The van der Waals surface area contributed by atoms with Gasteiger partial charge in [-0.3, -0.25) is 10.1 Å². The minimum Gasteiger partial charge on any atom is -0.304 e. The highest BCUT2D eigenvalue weighted by molar-refractivity contribution is 5.22. The molecule has 0 fully saturated rings. The summed E-state index contributed by atoms with van der Waals surface area (Å²) in [5.41, 5.74) is 9.49.